The zero-order valence-electron chi connectivity index (χ0n) is 19.6. The van der Waals surface area contributed by atoms with Crippen LogP contribution in [0.2, 0.25) is 0 Å². The van der Waals surface area contributed by atoms with Gasteiger partial charge in [0.2, 0.25) is 0 Å². The second kappa shape index (κ2) is 12.3. The van der Waals surface area contributed by atoms with Gasteiger partial charge in [0.25, 0.3) is 5.91 Å². The summed E-state index contributed by atoms with van der Waals surface area (Å²) in [5, 5.41) is 8.58. The number of hydrogen-bond donors (Lipinski definition) is 3. The van der Waals surface area contributed by atoms with E-state index in [9.17, 15) is 27.6 Å². The van der Waals surface area contributed by atoms with E-state index in [1.54, 1.807) is 24.3 Å². The Bertz CT molecular complexity index is 1260. The van der Waals surface area contributed by atoms with Crippen molar-refractivity contribution < 1.29 is 32.3 Å². The van der Waals surface area contributed by atoms with Crippen molar-refractivity contribution in [2.75, 3.05) is 11.9 Å². The standard InChI is InChI=1S/C26H23F3N4O4/c1-17(19-6-3-2-4-7-19)31-23(34)16-37-22-12-10-18(11-13-22)15-30-33-25(36)24(35)32-21-9-5-8-20(14-21)26(27,28)29/h2-15,17H,16H2,1H3,(H,31,34)(H,32,35)(H,33,36)/b30-15-. The molecule has 3 amide bonds. The Balaban J connectivity index is 1.43. The highest BCUT2D eigenvalue weighted by atomic mass is 19.4. The second-order valence-corrected chi connectivity index (χ2v) is 7.79. The lowest BCUT2D eigenvalue weighted by molar-refractivity contribution is -0.137. The molecule has 0 fully saturated rings. The Hall–Kier alpha value is -4.67. The number of carbonyl (C=O) groups is 3. The first-order valence-electron chi connectivity index (χ1n) is 11.0. The third kappa shape index (κ3) is 8.49. The maximum atomic E-state index is 12.8. The number of hydrogen-bond acceptors (Lipinski definition) is 5. The highest BCUT2D eigenvalue weighted by Crippen LogP contribution is 2.30. The molecule has 0 saturated carbocycles. The van der Waals surface area contributed by atoms with E-state index in [-0.39, 0.29) is 24.2 Å². The zero-order valence-corrected chi connectivity index (χ0v) is 19.6. The van der Waals surface area contributed by atoms with E-state index < -0.39 is 23.6 Å². The lowest BCUT2D eigenvalue weighted by Crippen LogP contribution is -2.32. The molecule has 0 bridgehead atoms. The van der Waals surface area contributed by atoms with E-state index in [1.165, 1.54) is 12.3 Å². The van der Waals surface area contributed by atoms with E-state index in [0.29, 0.717) is 17.4 Å². The van der Waals surface area contributed by atoms with Crippen LogP contribution in [0.5, 0.6) is 5.75 Å². The first kappa shape index (κ1) is 26.9. The molecule has 8 nitrogen and oxygen atoms in total. The predicted molar refractivity (Wildman–Crippen MR) is 131 cm³/mol. The number of amides is 3. The fraction of sp³-hybridized carbons (Fsp3) is 0.154. The second-order valence-electron chi connectivity index (χ2n) is 7.79. The molecule has 192 valence electrons. The summed E-state index contributed by atoms with van der Waals surface area (Å²) >= 11 is 0. The number of ether oxygens (including phenoxy) is 1. The van der Waals surface area contributed by atoms with Gasteiger partial charge in [-0.1, -0.05) is 36.4 Å². The van der Waals surface area contributed by atoms with Gasteiger partial charge in [-0.15, -0.1) is 0 Å². The van der Waals surface area contributed by atoms with Crippen molar-refractivity contribution in [3.05, 3.63) is 95.6 Å². The molecular formula is C26H23F3N4O4. The van der Waals surface area contributed by atoms with E-state index >= 15 is 0 Å². The van der Waals surface area contributed by atoms with Crippen LogP contribution in [0.15, 0.2) is 84.0 Å². The monoisotopic (exact) mass is 512 g/mol. The molecule has 1 unspecified atom stereocenters. The smallest absolute Gasteiger partial charge is 0.416 e. The molecule has 0 radical (unpaired) electrons. The number of rotatable bonds is 8. The Kier molecular flexibility index (Phi) is 8.98. The molecule has 3 aromatic carbocycles. The van der Waals surface area contributed by atoms with Crippen molar-refractivity contribution >= 4 is 29.6 Å². The highest BCUT2D eigenvalue weighted by Gasteiger charge is 2.30. The van der Waals surface area contributed by atoms with Gasteiger partial charge in [-0.05, 0) is 60.5 Å². The maximum Gasteiger partial charge on any atom is 0.416 e. The maximum absolute atomic E-state index is 12.8. The van der Waals surface area contributed by atoms with E-state index in [0.717, 1.165) is 17.7 Å². The third-order valence-corrected chi connectivity index (χ3v) is 4.96. The molecular weight excluding hydrogens is 489 g/mol. The summed E-state index contributed by atoms with van der Waals surface area (Å²) in [6.45, 7) is 1.69. The fourth-order valence-corrected chi connectivity index (χ4v) is 3.08. The van der Waals surface area contributed by atoms with Crippen molar-refractivity contribution in [3.8, 4) is 5.75 Å². The van der Waals surface area contributed by atoms with Crippen LogP contribution in [-0.4, -0.2) is 30.5 Å². The summed E-state index contributed by atoms with van der Waals surface area (Å²) in [6.07, 6.45) is -3.32. The van der Waals surface area contributed by atoms with Crippen LogP contribution in [0.25, 0.3) is 0 Å². The number of nitrogens with one attached hydrogen (secondary N) is 3. The molecule has 0 spiro atoms. The molecule has 0 aliphatic carbocycles. The molecule has 0 aromatic heterocycles. The van der Waals surface area contributed by atoms with Crippen LogP contribution in [0.3, 0.4) is 0 Å². The van der Waals surface area contributed by atoms with Gasteiger partial charge >= 0.3 is 18.0 Å². The summed E-state index contributed by atoms with van der Waals surface area (Å²) in [6, 6.07) is 19.6. The van der Waals surface area contributed by atoms with Crippen molar-refractivity contribution in [3.63, 3.8) is 0 Å². The number of alkyl halides is 3. The zero-order chi connectivity index (χ0) is 26.8. The molecule has 0 heterocycles. The predicted octanol–water partition coefficient (Wildman–Crippen LogP) is 4.05. The highest BCUT2D eigenvalue weighted by molar-refractivity contribution is 6.39. The number of halogens is 3. The summed E-state index contributed by atoms with van der Waals surface area (Å²) < 4.78 is 43.8. The van der Waals surface area contributed by atoms with Gasteiger partial charge in [-0.3, -0.25) is 14.4 Å². The summed E-state index contributed by atoms with van der Waals surface area (Å²) in [5.74, 6) is -2.19. The molecule has 3 N–H and O–H groups in total. The molecule has 37 heavy (non-hydrogen) atoms. The Labute approximate surface area is 210 Å². The van der Waals surface area contributed by atoms with Crippen molar-refractivity contribution in [2.45, 2.75) is 19.1 Å². The molecule has 0 aliphatic heterocycles. The lowest BCUT2D eigenvalue weighted by atomic mass is 10.1. The van der Waals surface area contributed by atoms with Crippen molar-refractivity contribution in [2.24, 2.45) is 5.10 Å². The Morgan fingerprint density at radius 2 is 1.65 bits per heavy atom. The molecule has 0 aliphatic rings. The minimum atomic E-state index is -4.58. The normalized spacial score (nSPS) is 12.0. The molecule has 0 saturated heterocycles. The number of nitrogens with zero attached hydrogens (tertiary/aromatic N) is 1. The lowest BCUT2D eigenvalue weighted by Gasteiger charge is -2.14. The van der Waals surface area contributed by atoms with Crippen LogP contribution in [0.4, 0.5) is 18.9 Å². The fourth-order valence-electron chi connectivity index (χ4n) is 3.08. The topological polar surface area (TPSA) is 109 Å². The van der Waals surface area contributed by atoms with Gasteiger partial charge in [0.1, 0.15) is 5.75 Å². The minimum Gasteiger partial charge on any atom is -0.484 e. The van der Waals surface area contributed by atoms with Gasteiger partial charge in [0, 0.05) is 5.69 Å². The largest absolute Gasteiger partial charge is 0.484 e. The number of anilines is 1. The summed E-state index contributed by atoms with van der Waals surface area (Å²) in [4.78, 5) is 35.9. The van der Waals surface area contributed by atoms with Gasteiger partial charge in [-0.25, -0.2) is 5.43 Å². The molecule has 3 aromatic rings. The average Bonchev–Trinajstić information content (AvgIpc) is 2.88. The number of carbonyl (C=O) groups excluding carboxylic acids is 3. The van der Waals surface area contributed by atoms with Gasteiger partial charge in [-0.2, -0.15) is 18.3 Å². The Morgan fingerprint density at radius 1 is 0.946 bits per heavy atom. The molecule has 11 heteroatoms. The van der Waals surface area contributed by atoms with E-state index in [4.69, 9.17) is 4.74 Å². The number of benzene rings is 3. The van der Waals surface area contributed by atoms with Crippen LogP contribution >= 0.6 is 0 Å². The summed E-state index contributed by atoms with van der Waals surface area (Å²) in [5.41, 5.74) is 2.37. The van der Waals surface area contributed by atoms with Crippen LogP contribution in [0, 0.1) is 0 Å². The number of hydrazone groups is 1. The van der Waals surface area contributed by atoms with Gasteiger partial charge in [0.05, 0.1) is 17.8 Å². The Morgan fingerprint density at radius 3 is 2.32 bits per heavy atom. The van der Waals surface area contributed by atoms with Gasteiger partial charge < -0.3 is 15.4 Å². The molecule has 3 rings (SSSR count). The SMILES string of the molecule is CC(NC(=O)COc1ccc(/C=N\NC(=O)C(=O)Nc2cccc(C(F)(F)F)c2)cc1)c1ccccc1. The van der Waals surface area contributed by atoms with Crippen LogP contribution < -0.4 is 20.8 Å². The van der Waals surface area contributed by atoms with E-state index in [2.05, 4.69) is 15.7 Å². The quantitative estimate of drug-likeness (QED) is 0.240. The molecule has 1 atom stereocenters. The van der Waals surface area contributed by atoms with Gasteiger partial charge in [0.15, 0.2) is 6.61 Å². The van der Waals surface area contributed by atoms with Crippen LogP contribution in [0.1, 0.15) is 29.7 Å². The minimum absolute atomic E-state index is 0.168. The van der Waals surface area contributed by atoms with Crippen molar-refractivity contribution in [1.82, 2.24) is 10.7 Å². The first-order chi connectivity index (χ1) is 17.6. The van der Waals surface area contributed by atoms with E-state index in [1.807, 2.05) is 42.7 Å². The van der Waals surface area contributed by atoms with Crippen molar-refractivity contribution in [1.29, 1.82) is 0 Å². The first-order valence-corrected chi connectivity index (χ1v) is 11.0. The van der Waals surface area contributed by atoms with Crippen LogP contribution in [-0.2, 0) is 20.6 Å². The third-order valence-electron chi connectivity index (χ3n) is 4.96. The summed E-state index contributed by atoms with van der Waals surface area (Å²) in [7, 11) is 0. The average molecular weight is 512 g/mol.